The van der Waals surface area contributed by atoms with E-state index in [0.717, 1.165) is 4.88 Å². The van der Waals surface area contributed by atoms with Crippen molar-refractivity contribution in [2.45, 2.75) is 0 Å². The Kier molecular flexibility index (Phi) is 3.89. The van der Waals surface area contributed by atoms with Crippen LogP contribution in [0.25, 0.3) is 12.2 Å². The molecule has 6 heteroatoms. The predicted octanol–water partition coefficient (Wildman–Crippen LogP) is 1.39. The number of aromatic nitrogens is 2. The number of thiophene rings is 1. The Morgan fingerprint density at radius 2 is 2.05 bits per heavy atom. The molecule has 3 heterocycles. The number of hydrogen-bond acceptors (Lipinski definition) is 5. The fraction of sp³-hybridized carbons (Fsp3) is 0. The van der Waals surface area contributed by atoms with Gasteiger partial charge in [-0.3, -0.25) is 14.6 Å². The van der Waals surface area contributed by atoms with Gasteiger partial charge in [-0.05, 0) is 29.7 Å². The van der Waals surface area contributed by atoms with E-state index in [-0.39, 0.29) is 11.3 Å². The number of thiazole rings is 1. The van der Waals surface area contributed by atoms with Crippen LogP contribution in [-0.2, 0) is 0 Å². The molecule has 3 aromatic heterocycles. The Balaban J connectivity index is 2.00. The highest BCUT2D eigenvalue weighted by Gasteiger charge is 2.02. The minimum absolute atomic E-state index is 0.155. The fourth-order valence-corrected chi connectivity index (χ4v) is 3.35. The van der Waals surface area contributed by atoms with Crippen molar-refractivity contribution in [1.82, 2.24) is 9.97 Å². The van der Waals surface area contributed by atoms with Gasteiger partial charge in [0.1, 0.15) is 0 Å². The zero-order valence-electron chi connectivity index (χ0n) is 10.8. The molecule has 0 spiro atoms. The highest BCUT2D eigenvalue weighted by Crippen LogP contribution is 2.08. The zero-order chi connectivity index (χ0) is 14.7. The van der Waals surface area contributed by atoms with Crippen LogP contribution in [0.2, 0.25) is 0 Å². The fourth-order valence-electron chi connectivity index (χ4n) is 1.75. The molecule has 0 amide bonds. The maximum atomic E-state index is 12.0. The molecule has 0 aliphatic heterocycles. The summed E-state index contributed by atoms with van der Waals surface area (Å²) in [6.45, 7) is 0. The van der Waals surface area contributed by atoms with Crippen LogP contribution < -0.4 is 14.8 Å². The number of carbonyl (C=O) groups is 1. The second kappa shape index (κ2) is 5.99. The Labute approximate surface area is 127 Å². The molecule has 0 aliphatic rings. The highest BCUT2D eigenvalue weighted by atomic mass is 32.1. The van der Waals surface area contributed by atoms with Crippen molar-refractivity contribution in [3.63, 3.8) is 0 Å². The second-order valence-electron chi connectivity index (χ2n) is 4.19. The lowest BCUT2D eigenvalue weighted by molar-refractivity contribution is 0.106. The van der Waals surface area contributed by atoms with E-state index in [9.17, 15) is 9.59 Å². The summed E-state index contributed by atoms with van der Waals surface area (Å²) in [6, 6.07) is 7.15. The number of aromatic amines is 1. The van der Waals surface area contributed by atoms with Gasteiger partial charge in [0.15, 0.2) is 5.78 Å². The van der Waals surface area contributed by atoms with Gasteiger partial charge in [-0.1, -0.05) is 6.07 Å². The van der Waals surface area contributed by atoms with Gasteiger partial charge in [0.2, 0.25) is 0 Å². The summed E-state index contributed by atoms with van der Waals surface area (Å²) in [6.07, 6.45) is 6.39. The van der Waals surface area contributed by atoms with Crippen molar-refractivity contribution < 1.29 is 4.79 Å². The van der Waals surface area contributed by atoms with Crippen molar-refractivity contribution in [3.05, 3.63) is 72.0 Å². The van der Waals surface area contributed by atoms with E-state index in [4.69, 9.17) is 0 Å². The van der Waals surface area contributed by atoms with Crippen LogP contribution in [0.4, 0.5) is 0 Å². The van der Waals surface area contributed by atoms with Crippen LogP contribution in [0.1, 0.15) is 15.2 Å². The van der Waals surface area contributed by atoms with Gasteiger partial charge in [-0.15, -0.1) is 22.7 Å². The second-order valence-corrected chi connectivity index (χ2v) is 6.25. The van der Waals surface area contributed by atoms with Gasteiger partial charge < -0.3 is 4.98 Å². The highest BCUT2D eigenvalue weighted by molar-refractivity contribution is 7.11. The topological polar surface area (TPSA) is 62.8 Å². The lowest BCUT2D eigenvalue weighted by Crippen LogP contribution is -2.19. The maximum Gasteiger partial charge on any atom is 0.266 e. The van der Waals surface area contributed by atoms with E-state index in [1.165, 1.54) is 17.4 Å². The zero-order valence-corrected chi connectivity index (χ0v) is 12.4. The molecule has 0 fully saturated rings. The Bertz CT molecular complexity index is 922. The number of H-pyrrole nitrogens is 1. The molecular weight excluding hydrogens is 304 g/mol. The van der Waals surface area contributed by atoms with Crippen LogP contribution in [-0.4, -0.2) is 15.8 Å². The Hall–Kier alpha value is -2.31. The minimum Gasteiger partial charge on any atom is -0.313 e. The Morgan fingerprint density at radius 3 is 2.76 bits per heavy atom. The lowest BCUT2D eigenvalue weighted by atomic mass is 10.2. The summed E-state index contributed by atoms with van der Waals surface area (Å²) < 4.78 is 1.14. The van der Waals surface area contributed by atoms with E-state index < -0.39 is 0 Å². The number of Topliss-reactive ketones (excluding diaryl/α,β-unsaturated/α-hetero) is 1. The maximum absolute atomic E-state index is 12.0. The standard InChI is InChI=1S/C15H10N2O2S2/c18-12(10-3-5-16-6-4-10)9-14-17-15(19)13(21-14)8-11-2-1-7-20-11/h1-9H,(H,17,19). The van der Waals surface area contributed by atoms with Gasteiger partial charge in [0.05, 0.1) is 9.20 Å². The molecule has 104 valence electrons. The van der Waals surface area contributed by atoms with E-state index in [0.29, 0.717) is 14.8 Å². The molecule has 0 aliphatic carbocycles. The average molecular weight is 314 g/mol. The normalized spacial score (nSPS) is 12.8. The average Bonchev–Trinajstić information content (AvgIpc) is 3.11. The van der Waals surface area contributed by atoms with E-state index in [1.54, 1.807) is 35.9 Å². The molecule has 0 radical (unpaired) electrons. The number of ketones is 1. The first-order chi connectivity index (χ1) is 10.2. The van der Waals surface area contributed by atoms with Gasteiger partial charge in [-0.25, -0.2) is 0 Å². The van der Waals surface area contributed by atoms with Gasteiger partial charge >= 0.3 is 0 Å². The van der Waals surface area contributed by atoms with E-state index >= 15 is 0 Å². The first-order valence-corrected chi connectivity index (χ1v) is 7.82. The van der Waals surface area contributed by atoms with Crippen LogP contribution in [0, 0.1) is 0 Å². The number of rotatable bonds is 3. The number of carbonyl (C=O) groups excluding carboxylic acids is 1. The molecule has 1 N–H and O–H groups in total. The summed E-state index contributed by atoms with van der Waals surface area (Å²) in [7, 11) is 0. The molecular formula is C15H10N2O2S2. The van der Waals surface area contributed by atoms with Crippen LogP contribution in [0.3, 0.4) is 0 Å². The number of nitrogens with zero attached hydrogens (tertiary/aromatic N) is 1. The molecule has 0 bridgehead atoms. The summed E-state index contributed by atoms with van der Waals surface area (Å²) in [5.41, 5.74) is 0.366. The summed E-state index contributed by atoms with van der Waals surface area (Å²) in [4.78, 5) is 31.5. The smallest absolute Gasteiger partial charge is 0.266 e. The van der Waals surface area contributed by atoms with Gasteiger partial charge in [0.25, 0.3) is 5.56 Å². The SMILES string of the molecule is O=C(C=c1[nH]c(=O)c(=Cc2cccs2)s1)c1ccncc1. The molecule has 0 unspecified atom stereocenters. The minimum atomic E-state index is -0.179. The molecule has 0 saturated carbocycles. The van der Waals surface area contributed by atoms with Crippen LogP contribution >= 0.6 is 22.7 Å². The number of pyridine rings is 1. The molecule has 0 atom stereocenters. The molecule has 3 rings (SSSR count). The third-order valence-electron chi connectivity index (χ3n) is 2.72. The van der Waals surface area contributed by atoms with Crippen LogP contribution in [0.5, 0.6) is 0 Å². The van der Waals surface area contributed by atoms with Crippen molar-refractivity contribution in [2.75, 3.05) is 0 Å². The monoisotopic (exact) mass is 314 g/mol. The first kappa shape index (κ1) is 13.7. The predicted molar refractivity (Wildman–Crippen MR) is 85.1 cm³/mol. The third kappa shape index (κ3) is 3.24. The molecule has 0 saturated heterocycles. The summed E-state index contributed by atoms with van der Waals surface area (Å²) in [5, 5.41) is 1.95. The van der Waals surface area contributed by atoms with Crippen molar-refractivity contribution in [1.29, 1.82) is 0 Å². The number of nitrogens with one attached hydrogen (secondary N) is 1. The van der Waals surface area contributed by atoms with Gasteiger partial charge in [0, 0.05) is 28.9 Å². The third-order valence-corrected chi connectivity index (χ3v) is 4.51. The molecule has 21 heavy (non-hydrogen) atoms. The van der Waals surface area contributed by atoms with Crippen molar-refractivity contribution in [2.24, 2.45) is 0 Å². The largest absolute Gasteiger partial charge is 0.313 e. The summed E-state index contributed by atoms with van der Waals surface area (Å²) in [5.74, 6) is -0.155. The quantitative estimate of drug-likeness (QED) is 0.743. The molecule has 4 nitrogen and oxygen atoms in total. The van der Waals surface area contributed by atoms with E-state index in [1.807, 2.05) is 23.6 Å². The lowest BCUT2D eigenvalue weighted by Gasteiger charge is -1.91. The molecule has 3 aromatic rings. The summed E-state index contributed by atoms with van der Waals surface area (Å²) >= 11 is 2.83. The molecule has 0 aromatic carbocycles. The van der Waals surface area contributed by atoms with E-state index in [2.05, 4.69) is 9.97 Å². The Morgan fingerprint density at radius 1 is 1.24 bits per heavy atom. The van der Waals surface area contributed by atoms with Crippen LogP contribution in [0.15, 0.2) is 46.8 Å². The van der Waals surface area contributed by atoms with Crippen molar-refractivity contribution >= 4 is 40.6 Å². The number of hydrogen-bond donors (Lipinski definition) is 1. The van der Waals surface area contributed by atoms with Crippen molar-refractivity contribution in [3.8, 4) is 0 Å². The van der Waals surface area contributed by atoms with Gasteiger partial charge in [-0.2, -0.15) is 0 Å². The first-order valence-electron chi connectivity index (χ1n) is 6.13.